The summed E-state index contributed by atoms with van der Waals surface area (Å²) in [6.45, 7) is 9.99. The maximum Gasteiger partial charge on any atom is 0.0768 e. The van der Waals surface area contributed by atoms with Crippen molar-refractivity contribution in [2.24, 2.45) is 11.7 Å². The standard InChI is InChI=1S/C13H28N2O/c1-10(2)13(4,16)9-15-8-6-5-7-12(15)11(3)14/h10-12,16H,5-9,14H2,1-4H3. The summed E-state index contributed by atoms with van der Waals surface area (Å²) in [5.41, 5.74) is 5.42. The molecule has 1 heterocycles. The number of likely N-dealkylation sites (tertiary alicyclic amines) is 1. The van der Waals surface area contributed by atoms with E-state index < -0.39 is 5.60 Å². The fraction of sp³-hybridized carbons (Fsp3) is 1.00. The summed E-state index contributed by atoms with van der Waals surface area (Å²) in [5, 5.41) is 10.4. The largest absolute Gasteiger partial charge is 0.389 e. The van der Waals surface area contributed by atoms with Gasteiger partial charge in [0.15, 0.2) is 0 Å². The third-order valence-corrected chi connectivity index (χ3v) is 4.04. The molecule has 0 bridgehead atoms. The molecule has 0 amide bonds. The van der Waals surface area contributed by atoms with Gasteiger partial charge < -0.3 is 10.8 Å². The molecule has 96 valence electrons. The van der Waals surface area contributed by atoms with Crippen molar-refractivity contribution in [2.75, 3.05) is 13.1 Å². The average Bonchev–Trinajstić information content (AvgIpc) is 2.17. The quantitative estimate of drug-likeness (QED) is 0.768. The molecule has 3 atom stereocenters. The van der Waals surface area contributed by atoms with Crippen LogP contribution in [-0.4, -0.2) is 40.8 Å². The van der Waals surface area contributed by atoms with Crippen molar-refractivity contribution in [3.05, 3.63) is 0 Å². The average molecular weight is 228 g/mol. The van der Waals surface area contributed by atoms with E-state index in [1.165, 1.54) is 19.3 Å². The lowest BCUT2D eigenvalue weighted by atomic mass is 9.89. The fourth-order valence-electron chi connectivity index (χ4n) is 2.40. The molecule has 1 rings (SSSR count). The molecule has 1 aliphatic heterocycles. The molecule has 0 saturated carbocycles. The van der Waals surface area contributed by atoms with Crippen molar-refractivity contribution < 1.29 is 5.11 Å². The molecule has 0 aliphatic carbocycles. The summed E-state index contributed by atoms with van der Waals surface area (Å²) in [6.07, 6.45) is 3.68. The van der Waals surface area contributed by atoms with Crippen molar-refractivity contribution in [3.8, 4) is 0 Å². The zero-order valence-corrected chi connectivity index (χ0v) is 11.2. The number of piperidine rings is 1. The van der Waals surface area contributed by atoms with Gasteiger partial charge in [0.2, 0.25) is 0 Å². The molecule has 3 N–H and O–H groups in total. The van der Waals surface area contributed by atoms with Crippen LogP contribution in [0.2, 0.25) is 0 Å². The molecule has 1 fully saturated rings. The Morgan fingerprint density at radius 2 is 2.00 bits per heavy atom. The van der Waals surface area contributed by atoms with E-state index in [-0.39, 0.29) is 12.0 Å². The zero-order chi connectivity index (χ0) is 12.3. The molecule has 1 saturated heterocycles. The summed E-state index contributed by atoms with van der Waals surface area (Å²) < 4.78 is 0. The van der Waals surface area contributed by atoms with Gasteiger partial charge in [-0.15, -0.1) is 0 Å². The van der Waals surface area contributed by atoms with E-state index in [0.29, 0.717) is 6.04 Å². The van der Waals surface area contributed by atoms with Crippen LogP contribution in [-0.2, 0) is 0 Å². The second-order valence-corrected chi connectivity index (χ2v) is 5.90. The first-order valence-corrected chi connectivity index (χ1v) is 6.56. The van der Waals surface area contributed by atoms with Crippen LogP contribution in [0.4, 0.5) is 0 Å². The lowest BCUT2D eigenvalue weighted by Gasteiger charge is -2.42. The number of hydrogen-bond donors (Lipinski definition) is 2. The number of nitrogens with two attached hydrogens (primary N) is 1. The summed E-state index contributed by atoms with van der Waals surface area (Å²) in [5.74, 6) is 0.281. The first-order valence-electron chi connectivity index (χ1n) is 6.56. The molecule has 0 aromatic carbocycles. The molecule has 0 aromatic rings. The van der Waals surface area contributed by atoms with Crippen molar-refractivity contribution in [3.63, 3.8) is 0 Å². The molecular formula is C13H28N2O. The second-order valence-electron chi connectivity index (χ2n) is 5.90. The molecule has 3 unspecified atom stereocenters. The highest BCUT2D eigenvalue weighted by Gasteiger charge is 2.33. The van der Waals surface area contributed by atoms with Gasteiger partial charge in [0.1, 0.15) is 0 Å². The topological polar surface area (TPSA) is 49.5 Å². The van der Waals surface area contributed by atoms with Crippen LogP contribution >= 0.6 is 0 Å². The summed E-state index contributed by atoms with van der Waals surface area (Å²) in [6, 6.07) is 0.641. The lowest BCUT2D eigenvalue weighted by molar-refractivity contribution is -0.0382. The van der Waals surface area contributed by atoms with E-state index in [1.54, 1.807) is 0 Å². The van der Waals surface area contributed by atoms with E-state index in [4.69, 9.17) is 5.73 Å². The van der Waals surface area contributed by atoms with E-state index in [9.17, 15) is 5.11 Å². The van der Waals surface area contributed by atoms with Gasteiger partial charge in [-0.3, -0.25) is 4.90 Å². The smallest absolute Gasteiger partial charge is 0.0768 e. The molecule has 3 heteroatoms. The highest BCUT2D eigenvalue weighted by atomic mass is 16.3. The Morgan fingerprint density at radius 1 is 1.38 bits per heavy atom. The van der Waals surface area contributed by atoms with Crippen molar-refractivity contribution >= 4 is 0 Å². The van der Waals surface area contributed by atoms with Crippen LogP contribution in [0.5, 0.6) is 0 Å². The van der Waals surface area contributed by atoms with Crippen LogP contribution in [0, 0.1) is 5.92 Å². The van der Waals surface area contributed by atoms with E-state index in [2.05, 4.69) is 25.7 Å². The summed E-state index contributed by atoms with van der Waals surface area (Å²) in [4.78, 5) is 2.38. The Bertz CT molecular complexity index is 214. The minimum absolute atomic E-state index is 0.197. The van der Waals surface area contributed by atoms with Gasteiger partial charge in [-0.1, -0.05) is 20.3 Å². The molecule has 3 nitrogen and oxygen atoms in total. The van der Waals surface area contributed by atoms with E-state index in [1.807, 2.05) is 6.92 Å². The molecular weight excluding hydrogens is 200 g/mol. The minimum atomic E-state index is -0.607. The summed E-state index contributed by atoms with van der Waals surface area (Å²) in [7, 11) is 0. The molecule has 16 heavy (non-hydrogen) atoms. The number of β-amino-alcohol motifs (C(OH)–C–C–N with tert-alkyl or cyclic N) is 1. The Labute approximate surface area is 100 Å². The highest BCUT2D eigenvalue weighted by Crippen LogP contribution is 2.24. The Kier molecular flexibility index (Phi) is 4.77. The monoisotopic (exact) mass is 228 g/mol. The maximum atomic E-state index is 10.4. The van der Waals surface area contributed by atoms with Crippen molar-refractivity contribution in [1.82, 2.24) is 4.90 Å². The predicted molar refractivity (Wildman–Crippen MR) is 68.3 cm³/mol. The fourth-order valence-corrected chi connectivity index (χ4v) is 2.40. The van der Waals surface area contributed by atoms with Gasteiger partial charge in [0.25, 0.3) is 0 Å². The van der Waals surface area contributed by atoms with Gasteiger partial charge in [-0.05, 0) is 39.2 Å². The van der Waals surface area contributed by atoms with Gasteiger partial charge >= 0.3 is 0 Å². The zero-order valence-electron chi connectivity index (χ0n) is 11.2. The molecule has 0 radical (unpaired) electrons. The maximum absolute atomic E-state index is 10.4. The van der Waals surface area contributed by atoms with Crippen LogP contribution in [0.25, 0.3) is 0 Å². The van der Waals surface area contributed by atoms with Gasteiger partial charge in [-0.25, -0.2) is 0 Å². The van der Waals surface area contributed by atoms with Crippen LogP contribution in [0.3, 0.4) is 0 Å². The number of nitrogens with zero attached hydrogens (tertiary/aromatic N) is 1. The van der Waals surface area contributed by atoms with Crippen molar-refractivity contribution in [2.45, 2.75) is 64.6 Å². The Hall–Kier alpha value is -0.120. The van der Waals surface area contributed by atoms with Crippen LogP contribution in [0.1, 0.15) is 47.0 Å². The van der Waals surface area contributed by atoms with Crippen molar-refractivity contribution in [1.29, 1.82) is 0 Å². The molecule has 0 aromatic heterocycles. The number of rotatable bonds is 4. The first kappa shape index (κ1) is 13.9. The lowest BCUT2D eigenvalue weighted by Crippen LogP contribution is -2.55. The number of aliphatic hydroxyl groups is 1. The second kappa shape index (κ2) is 5.48. The Balaban J connectivity index is 2.62. The van der Waals surface area contributed by atoms with E-state index in [0.717, 1.165) is 13.1 Å². The van der Waals surface area contributed by atoms with Gasteiger partial charge in [0.05, 0.1) is 5.60 Å². The van der Waals surface area contributed by atoms with Gasteiger partial charge in [-0.2, -0.15) is 0 Å². The SMILES string of the molecule is CC(N)C1CCCCN1CC(C)(O)C(C)C. The third kappa shape index (κ3) is 3.44. The van der Waals surface area contributed by atoms with Gasteiger partial charge in [0, 0.05) is 18.6 Å². The number of hydrogen-bond acceptors (Lipinski definition) is 3. The third-order valence-electron chi connectivity index (χ3n) is 4.04. The predicted octanol–water partition coefficient (Wildman–Crippen LogP) is 1.60. The normalized spacial score (nSPS) is 29.1. The van der Waals surface area contributed by atoms with E-state index >= 15 is 0 Å². The minimum Gasteiger partial charge on any atom is -0.389 e. The van der Waals surface area contributed by atoms with Crippen LogP contribution in [0.15, 0.2) is 0 Å². The molecule has 1 aliphatic rings. The first-order chi connectivity index (χ1) is 7.34. The molecule has 0 spiro atoms. The van der Waals surface area contributed by atoms with Crippen LogP contribution < -0.4 is 5.73 Å². The Morgan fingerprint density at radius 3 is 2.50 bits per heavy atom. The summed E-state index contributed by atoms with van der Waals surface area (Å²) >= 11 is 0. The highest BCUT2D eigenvalue weighted by molar-refractivity contribution is 4.89.